The van der Waals surface area contributed by atoms with Crippen LogP contribution >= 0.6 is 0 Å². The summed E-state index contributed by atoms with van der Waals surface area (Å²) in [5, 5.41) is 2.69. The van der Waals surface area contributed by atoms with Crippen molar-refractivity contribution in [3.05, 3.63) is 11.6 Å². The molecule has 0 saturated carbocycles. The van der Waals surface area contributed by atoms with Gasteiger partial charge in [-0.15, -0.1) is 0 Å². The molecule has 0 aliphatic carbocycles. The largest absolute Gasteiger partial charge is 0.462 e. The zero-order valence-electron chi connectivity index (χ0n) is 6.50. The van der Waals surface area contributed by atoms with Crippen LogP contribution in [0.15, 0.2) is 11.6 Å². The van der Waals surface area contributed by atoms with Gasteiger partial charge in [0.2, 0.25) is 5.91 Å². The van der Waals surface area contributed by atoms with Gasteiger partial charge < -0.3 is 10.1 Å². The van der Waals surface area contributed by atoms with E-state index in [1.54, 1.807) is 0 Å². The summed E-state index contributed by atoms with van der Waals surface area (Å²) in [5.41, 5.74) is 0.581. The van der Waals surface area contributed by atoms with E-state index in [9.17, 15) is 9.59 Å². The van der Waals surface area contributed by atoms with Gasteiger partial charge in [0.05, 0.1) is 6.61 Å². The second kappa shape index (κ2) is 2.62. The molecule has 2 aliphatic heterocycles. The number of nitrogens with one attached hydrogen (secondary N) is 1. The molecule has 1 N–H and O–H groups in total. The summed E-state index contributed by atoms with van der Waals surface area (Å²) in [6.45, 7) is 1.04. The Morgan fingerprint density at radius 1 is 1.50 bits per heavy atom. The Kier molecular flexibility index (Phi) is 1.60. The first-order valence-corrected chi connectivity index (χ1v) is 3.94. The molecule has 1 unspecified atom stereocenters. The highest BCUT2D eigenvalue weighted by molar-refractivity contribution is 6.01. The smallest absolute Gasteiger partial charge is 0.331 e. The average molecular weight is 167 g/mol. The molecule has 0 aromatic heterocycles. The number of ether oxygens (including phenoxy) is 1. The molecular formula is C8H9NO3. The summed E-state index contributed by atoms with van der Waals surface area (Å²) < 4.78 is 4.80. The van der Waals surface area contributed by atoms with Crippen LogP contribution in [0.1, 0.15) is 6.42 Å². The highest BCUT2D eigenvalue weighted by Crippen LogP contribution is 2.22. The van der Waals surface area contributed by atoms with Crippen molar-refractivity contribution in [2.45, 2.75) is 6.42 Å². The third-order valence-corrected chi connectivity index (χ3v) is 2.18. The number of fused-ring (bicyclic) bond motifs is 1. The number of carbonyl (C=O) groups is 2. The zero-order valence-corrected chi connectivity index (χ0v) is 6.50. The van der Waals surface area contributed by atoms with Gasteiger partial charge in [0.1, 0.15) is 0 Å². The van der Waals surface area contributed by atoms with Crippen LogP contribution in [0.5, 0.6) is 0 Å². The Labute approximate surface area is 69.6 Å². The van der Waals surface area contributed by atoms with Gasteiger partial charge in [-0.1, -0.05) is 0 Å². The van der Waals surface area contributed by atoms with E-state index in [1.807, 2.05) is 0 Å². The van der Waals surface area contributed by atoms with Crippen molar-refractivity contribution < 1.29 is 14.3 Å². The van der Waals surface area contributed by atoms with Crippen LogP contribution in [0.25, 0.3) is 0 Å². The molecule has 1 saturated heterocycles. The lowest BCUT2D eigenvalue weighted by Crippen LogP contribution is -2.40. The van der Waals surface area contributed by atoms with E-state index < -0.39 is 5.97 Å². The van der Waals surface area contributed by atoms with Crippen molar-refractivity contribution >= 4 is 11.9 Å². The van der Waals surface area contributed by atoms with Crippen LogP contribution in [-0.4, -0.2) is 25.0 Å². The minimum absolute atomic E-state index is 0.122. The highest BCUT2D eigenvalue weighted by atomic mass is 16.5. The van der Waals surface area contributed by atoms with E-state index in [2.05, 4.69) is 5.32 Å². The number of esters is 1. The van der Waals surface area contributed by atoms with Crippen LogP contribution in [0, 0.1) is 5.92 Å². The number of carbonyl (C=O) groups excluding carboxylic acids is 2. The number of hydrogen-bond donors (Lipinski definition) is 1. The quantitative estimate of drug-likeness (QED) is 0.500. The molecule has 12 heavy (non-hydrogen) atoms. The first-order chi connectivity index (χ1) is 5.77. The van der Waals surface area contributed by atoms with Gasteiger partial charge in [0.25, 0.3) is 0 Å². The van der Waals surface area contributed by atoms with Crippen molar-refractivity contribution in [2.75, 3.05) is 13.2 Å². The third-order valence-electron chi connectivity index (χ3n) is 2.18. The SMILES string of the molecule is O=C1C=C2C(=O)NCCC2CO1. The van der Waals surface area contributed by atoms with Crippen molar-refractivity contribution in [3.8, 4) is 0 Å². The van der Waals surface area contributed by atoms with Crippen LogP contribution in [-0.2, 0) is 14.3 Å². The van der Waals surface area contributed by atoms with Crippen LogP contribution in [0.4, 0.5) is 0 Å². The van der Waals surface area contributed by atoms with Crippen molar-refractivity contribution in [2.24, 2.45) is 5.92 Å². The monoisotopic (exact) mass is 167 g/mol. The van der Waals surface area contributed by atoms with Crippen LogP contribution in [0.2, 0.25) is 0 Å². The van der Waals surface area contributed by atoms with Gasteiger partial charge in [-0.25, -0.2) is 4.79 Å². The zero-order chi connectivity index (χ0) is 8.55. The molecule has 2 heterocycles. The van der Waals surface area contributed by atoms with Crippen LogP contribution < -0.4 is 5.32 Å². The molecule has 4 heteroatoms. The van der Waals surface area contributed by atoms with Crippen molar-refractivity contribution in [3.63, 3.8) is 0 Å². The normalized spacial score (nSPS) is 28.3. The molecule has 2 aliphatic rings. The molecule has 0 bridgehead atoms. The molecule has 0 radical (unpaired) electrons. The fourth-order valence-corrected chi connectivity index (χ4v) is 1.51. The summed E-state index contributed by atoms with van der Waals surface area (Å²) in [7, 11) is 0. The maximum Gasteiger partial charge on any atom is 0.331 e. The maximum absolute atomic E-state index is 11.2. The topological polar surface area (TPSA) is 55.4 Å². The van der Waals surface area contributed by atoms with Gasteiger partial charge in [-0.3, -0.25) is 4.79 Å². The standard InChI is InChI=1S/C8H9NO3/c10-7-3-6-5(4-12-7)1-2-9-8(6)11/h3,5H,1-2,4H2,(H,9,11). The molecule has 0 aromatic carbocycles. The molecule has 0 spiro atoms. The molecule has 64 valence electrons. The lowest BCUT2D eigenvalue weighted by atomic mass is 9.91. The van der Waals surface area contributed by atoms with E-state index in [0.717, 1.165) is 6.42 Å². The number of cyclic esters (lactones) is 1. The summed E-state index contributed by atoms with van der Waals surface area (Å²) in [6.07, 6.45) is 2.16. The minimum Gasteiger partial charge on any atom is -0.462 e. The highest BCUT2D eigenvalue weighted by Gasteiger charge is 2.30. The van der Waals surface area contributed by atoms with Gasteiger partial charge in [-0.2, -0.15) is 0 Å². The molecule has 4 nitrogen and oxygen atoms in total. The van der Waals surface area contributed by atoms with Gasteiger partial charge >= 0.3 is 5.97 Å². The number of rotatable bonds is 0. The Hall–Kier alpha value is -1.32. The summed E-state index contributed by atoms with van der Waals surface area (Å²) >= 11 is 0. The van der Waals surface area contributed by atoms with Gasteiger partial charge in [0.15, 0.2) is 0 Å². The Bertz CT molecular complexity index is 269. The number of piperidine rings is 1. The molecule has 0 aromatic rings. The first kappa shape index (κ1) is 7.34. The number of amides is 1. The second-order valence-corrected chi connectivity index (χ2v) is 2.97. The molecule has 1 atom stereocenters. The molecule has 1 amide bonds. The molecular weight excluding hydrogens is 158 g/mol. The van der Waals surface area contributed by atoms with E-state index >= 15 is 0 Å². The summed E-state index contributed by atoms with van der Waals surface area (Å²) in [5.74, 6) is -0.405. The fourth-order valence-electron chi connectivity index (χ4n) is 1.51. The Balaban J connectivity index is 2.29. The van der Waals surface area contributed by atoms with Gasteiger partial charge in [0, 0.05) is 24.1 Å². The minimum atomic E-state index is -0.404. The molecule has 1 fully saturated rings. The Morgan fingerprint density at radius 3 is 3.17 bits per heavy atom. The molecule has 2 rings (SSSR count). The van der Waals surface area contributed by atoms with Crippen molar-refractivity contribution in [1.82, 2.24) is 5.32 Å². The average Bonchev–Trinajstić information content (AvgIpc) is 2.07. The van der Waals surface area contributed by atoms with E-state index in [4.69, 9.17) is 4.74 Å². The Morgan fingerprint density at radius 2 is 2.33 bits per heavy atom. The van der Waals surface area contributed by atoms with Crippen LogP contribution in [0.3, 0.4) is 0 Å². The first-order valence-electron chi connectivity index (χ1n) is 3.94. The third kappa shape index (κ3) is 1.09. The van der Waals surface area contributed by atoms with E-state index in [0.29, 0.717) is 18.7 Å². The predicted octanol–water partition coefficient (Wildman–Crippen LogP) is -0.394. The van der Waals surface area contributed by atoms with Gasteiger partial charge in [-0.05, 0) is 6.42 Å². The van der Waals surface area contributed by atoms with Crippen molar-refractivity contribution in [1.29, 1.82) is 0 Å². The number of hydrogen-bond acceptors (Lipinski definition) is 3. The maximum atomic E-state index is 11.2. The second-order valence-electron chi connectivity index (χ2n) is 2.97. The predicted molar refractivity (Wildman–Crippen MR) is 40.2 cm³/mol. The summed E-state index contributed by atoms with van der Waals surface area (Å²) in [4.78, 5) is 22.0. The fraction of sp³-hybridized carbons (Fsp3) is 0.500. The van der Waals surface area contributed by atoms with E-state index in [-0.39, 0.29) is 11.8 Å². The van der Waals surface area contributed by atoms with E-state index in [1.165, 1.54) is 6.08 Å². The summed E-state index contributed by atoms with van der Waals surface area (Å²) in [6, 6.07) is 0. The lowest BCUT2D eigenvalue weighted by Gasteiger charge is -2.27. The lowest BCUT2D eigenvalue weighted by molar-refractivity contribution is -0.141.